The number of hydrogen-bond acceptors (Lipinski definition) is 2. The highest BCUT2D eigenvalue weighted by molar-refractivity contribution is 5.85. The molecule has 0 spiro atoms. The summed E-state index contributed by atoms with van der Waals surface area (Å²) < 4.78 is 33.3. The number of carbonyl (C=O) groups excluding carboxylic acids is 1. The topological polar surface area (TPSA) is 38.3 Å². The molecule has 5 heteroatoms. The summed E-state index contributed by atoms with van der Waals surface area (Å²) >= 11 is 0. The van der Waals surface area contributed by atoms with E-state index in [9.17, 15) is 13.6 Å². The van der Waals surface area contributed by atoms with Gasteiger partial charge in [-0.05, 0) is 34.4 Å². The summed E-state index contributed by atoms with van der Waals surface area (Å²) in [5.41, 5.74) is 3.74. The molecular formula is C23H15F2NO2. The molecule has 0 unspecified atom stereocenters. The quantitative estimate of drug-likeness (QED) is 0.630. The van der Waals surface area contributed by atoms with E-state index >= 15 is 0 Å². The van der Waals surface area contributed by atoms with Crippen molar-refractivity contribution in [1.82, 2.24) is 0 Å². The van der Waals surface area contributed by atoms with Gasteiger partial charge in [-0.15, -0.1) is 6.42 Å². The Hall–Kier alpha value is -3.65. The highest BCUT2D eigenvalue weighted by Crippen LogP contribution is 2.44. The first-order valence-electron chi connectivity index (χ1n) is 8.66. The molecule has 28 heavy (non-hydrogen) atoms. The van der Waals surface area contributed by atoms with Crippen LogP contribution in [0.25, 0.3) is 11.1 Å². The van der Waals surface area contributed by atoms with Crippen LogP contribution in [0.4, 0.5) is 19.3 Å². The molecule has 3 aromatic rings. The van der Waals surface area contributed by atoms with E-state index in [-0.39, 0.29) is 18.1 Å². The van der Waals surface area contributed by atoms with Crippen LogP contribution in [-0.4, -0.2) is 12.7 Å². The Balaban J connectivity index is 1.51. The van der Waals surface area contributed by atoms with Gasteiger partial charge in [-0.1, -0.05) is 54.5 Å². The number of amides is 1. The molecule has 1 aliphatic carbocycles. The summed E-state index contributed by atoms with van der Waals surface area (Å²) in [4.78, 5) is 12.1. The molecule has 0 aliphatic heterocycles. The summed E-state index contributed by atoms with van der Waals surface area (Å²) in [7, 11) is 0. The first-order chi connectivity index (χ1) is 13.6. The van der Waals surface area contributed by atoms with E-state index in [0.717, 1.165) is 34.4 Å². The predicted octanol–water partition coefficient (Wildman–Crippen LogP) is 5.31. The summed E-state index contributed by atoms with van der Waals surface area (Å²) in [6.07, 6.45) is 4.20. The van der Waals surface area contributed by atoms with Gasteiger partial charge in [0.05, 0.1) is 0 Å². The molecule has 0 aromatic heterocycles. The summed E-state index contributed by atoms with van der Waals surface area (Å²) in [6.45, 7) is 0.0472. The number of ether oxygens (including phenoxy) is 1. The van der Waals surface area contributed by atoms with E-state index in [2.05, 4.69) is 11.2 Å². The Morgan fingerprint density at radius 1 is 1.00 bits per heavy atom. The Kier molecular flexibility index (Phi) is 4.54. The smallest absolute Gasteiger partial charge is 0.411 e. The van der Waals surface area contributed by atoms with Crippen LogP contribution >= 0.6 is 0 Å². The van der Waals surface area contributed by atoms with Gasteiger partial charge < -0.3 is 4.74 Å². The van der Waals surface area contributed by atoms with Crippen molar-refractivity contribution in [3.8, 4) is 23.5 Å². The van der Waals surface area contributed by atoms with Crippen LogP contribution in [0, 0.1) is 24.0 Å². The molecule has 0 bridgehead atoms. The normalized spacial score (nSPS) is 12.0. The Morgan fingerprint density at radius 2 is 1.54 bits per heavy atom. The molecule has 0 radical (unpaired) electrons. The second-order valence-electron chi connectivity index (χ2n) is 6.41. The van der Waals surface area contributed by atoms with Gasteiger partial charge in [0, 0.05) is 11.5 Å². The molecule has 4 rings (SSSR count). The summed E-state index contributed by atoms with van der Waals surface area (Å²) in [5, 5.41) is 2.12. The number of terminal acetylenes is 1. The number of rotatable bonds is 3. The minimum absolute atomic E-state index is 0.0472. The van der Waals surface area contributed by atoms with Crippen molar-refractivity contribution in [2.45, 2.75) is 5.92 Å². The minimum atomic E-state index is -0.957. The second kappa shape index (κ2) is 7.16. The SMILES string of the molecule is C#Cc1cc(F)c(NC(=O)OCC2c3ccccc3-c3ccccc32)c(F)c1. The van der Waals surface area contributed by atoms with Crippen molar-refractivity contribution in [3.63, 3.8) is 0 Å². The Morgan fingerprint density at radius 3 is 2.07 bits per heavy atom. The van der Waals surface area contributed by atoms with Gasteiger partial charge in [-0.2, -0.15) is 0 Å². The maximum Gasteiger partial charge on any atom is 0.411 e. The van der Waals surface area contributed by atoms with E-state index in [1.54, 1.807) is 0 Å². The lowest BCUT2D eigenvalue weighted by molar-refractivity contribution is 0.158. The molecule has 1 N–H and O–H groups in total. The number of halogens is 2. The Bertz CT molecular complexity index is 1050. The number of hydrogen-bond donors (Lipinski definition) is 1. The number of benzene rings is 3. The van der Waals surface area contributed by atoms with E-state index in [4.69, 9.17) is 11.2 Å². The zero-order valence-corrected chi connectivity index (χ0v) is 14.7. The standard InChI is InChI=1S/C23H15F2NO2/c1-2-14-11-20(24)22(21(25)12-14)26-23(27)28-13-19-17-9-5-3-7-15(17)16-8-4-6-10-18(16)19/h1,3-12,19H,13H2,(H,26,27). The number of anilines is 1. The summed E-state index contributed by atoms with van der Waals surface area (Å²) in [5.74, 6) is 0.0903. The van der Waals surface area contributed by atoms with Crippen LogP contribution in [0.1, 0.15) is 22.6 Å². The predicted molar refractivity (Wildman–Crippen MR) is 103 cm³/mol. The van der Waals surface area contributed by atoms with Crippen LogP contribution in [0.3, 0.4) is 0 Å². The maximum absolute atomic E-state index is 14.0. The fourth-order valence-corrected chi connectivity index (χ4v) is 3.51. The molecule has 0 atom stereocenters. The van der Waals surface area contributed by atoms with Crippen LogP contribution in [-0.2, 0) is 4.74 Å². The highest BCUT2D eigenvalue weighted by atomic mass is 19.1. The molecular weight excluding hydrogens is 360 g/mol. The van der Waals surface area contributed by atoms with Crippen molar-refractivity contribution < 1.29 is 18.3 Å². The molecule has 3 nitrogen and oxygen atoms in total. The first kappa shape index (κ1) is 17.7. The van der Waals surface area contributed by atoms with Crippen molar-refractivity contribution in [1.29, 1.82) is 0 Å². The molecule has 138 valence electrons. The highest BCUT2D eigenvalue weighted by Gasteiger charge is 2.29. The van der Waals surface area contributed by atoms with Crippen molar-refractivity contribution in [3.05, 3.63) is 89.0 Å². The lowest BCUT2D eigenvalue weighted by Crippen LogP contribution is -2.19. The molecule has 1 amide bonds. The van der Waals surface area contributed by atoms with E-state index in [0.29, 0.717) is 0 Å². The van der Waals surface area contributed by atoms with Gasteiger partial charge in [-0.25, -0.2) is 13.6 Å². The van der Waals surface area contributed by atoms with Crippen LogP contribution in [0.5, 0.6) is 0 Å². The van der Waals surface area contributed by atoms with Gasteiger partial charge in [-0.3, -0.25) is 5.32 Å². The van der Waals surface area contributed by atoms with E-state index in [1.807, 2.05) is 48.5 Å². The molecule has 0 fully saturated rings. The minimum Gasteiger partial charge on any atom is -0.448 e. The second-order valence-corrected chi connectivity index (χ2v) is 6.41. The van der Waals surface area contributed by atoms with Gasteiger partial charge in [0.1, 0.15) is 12.3 Å². The van der Waals surface area contributed by atoms with Gasteiger partial charge in [0.2, 0.25) is 0 Å². The average molecular weight is 375 g/mol. The maximum atomic E-state index is 14.0. The largest absolute Gasteiger partial charge is 0.448 e. The van der Waals surface area contributed by atoms with Crippen molar-refractivity contribution in [2.24, 2.45) is 0 Å². The van der Waals surface area contributed by atoms with Crippen LogP contribution in [0.2, 0.25) is 0 Å². The molecule has 1 aliphatic rings. The monoisotopic (exact) mass is 375 g/mol. The third kappa shape index (κ3) is 3.10. The van der Waals surface area contributed by atoms with Crippen molar-refractivity contribution in [2.75, 3.05) is 11.9 Å². The van der Waals surface area contributed by atoms with Crippen LogP contribution in [0.15, 0.2) is 60.7 Å². The van der Waals surface area contributed by atoms with Gasteiger partial charge in [0.15, 0.2) is 11.6 Å². The molecule has 0 heterocycles. The third-order valence-electron chi connectivity index (χ3n) is 4.78. The summed E-state index contributed by atoms with van der Waals surface area (Å²) in [6, 6.07) is 17.7. The zero-order chi connectivity index (χ0) is 19.7. The number of nitrogens with one attached hydrogen (secondary N) is 1. The molecule has 0 saturated heterocycles. The molecule has 3 aromatic carbocycles. The first-order valence-corrected chi connectivity index (χ1v) is 8.66. The molecule has 0 saturated carbocycles. The fraction of sp³-hybridized carbons (Fsp3) is 0.0870. The fourth-order valence-electron chi connectivity index (χ4n) is 3.51. The van der Waals surface area contributed by atoms with Gasteiger partial charge >= 0.3 is 6.09 Å². The Labute approximate surface area is 161 Å². The van der Waals surface area contributed by atoms with Gasteiger partial charge in [0.25, 0.3) is 0 Å². The average Bonchev–Trinajstić information content (AvgIpc) is 3.03. The van der Waals surface area contributed by atoms with E-state index < -0.39 is 23.4 Å². The number of fused-ring (bicyclic) bond motifs is 3. The van der Waals surface area contributed by atoms with Crippen LogP contribution < -0.4 is 5.32 Å². The lowest BCUT2D eigenvalue weighted by Gasteiger charge is -2.15. The lowest BCUT2D eigenvalue weighted by atomic mass is 9.98. The number of carbonyl (C=O) groups is 1. The zero-order valence-electron chi connectivity index (χ0n) is 14.7. The van der Waals surface area contributed by atoms with Crippen molar-refractivity contribution >= 4 is 11.8 Å². The van der Waals surface area contributed by atoms with E-state index in [1.165, 1.54) is 0 Å². The third-order valence-corrected chi connectivity index (χ3v) is 4.78.